The summed E-state index contributed by atoms with van der Waals surface area (Å²) in [5, 5.41) is 0. The Hall–Kier alpha value is -1.58. The predicted octanol–water partition coefficient (Wildman–Crippen LogP) is 4.45. The van der Waals surface area contributed by atoms with Gasteiger partial charge in [0, 0.05) is 18.4 Å². The fourth-order valence-electron chi connectivity index (χ4n) is 5.04. The predicted molar refractivity (Wildman–Crippen MR) is 100 cm³/mol. The summed E-state index contributed by atoms with van der Waals surface area (Å²) >= 11 is 0. The van der Waals surface area contributed by atoms with E-state index < -0.39 is 0 Å². The zero-order valence-electron chi connectivity index (χ0n) is 16.7. The van der Waals surface area contributed by atoms with Crippen LogP contribution >= 0.6 is 0 Å². The van der Waals surface area contributed by atoms with Gasteiger partial charge in [-0.15, -0.1) is 0 Å². The lowest BCUT2D eigenvalue weighted by Gasteiger charge is -2.35. The van der Waals surface area contributed by atoms with Gasteiger partial charge in [0.15, 0.2) is 0 Å². The fraction of sp³-hybridized carbons (Fsp3) is 0.727. The molecule has 0 radical (unpaired) electrons. The molecule has 0 aromatic carbocycles. The molecule has 0 aromatic rings. The molecule has 0 spiro atoms. The van der Waals surface area contributed by atoms with Crippen LogP contribution in [0.1, 0.15) is 60.3 Å². The lowest BCUT2D eigenvalue weighted by Crippen LogP contribution is -2.36. The largest absolute Gasteiger partial charge is 0.462 e. The van der Waals surface area contributed by atoms with Crippen molar-refractivity contribution < 1.29 is 19.1 Å². The lowest BCUT2D eigenvalue weighted by atomic mass is 9.73. The monoisotopic (exact) mass is 360 g/mol. The topological polar surface area (TPSA) is 52.6 Å². The molecule has 1 fully saturated rings. The summed E-state index contributed by atoms with van der Waals surface area (Å²) in [6.07, 6.45) is 6.06. The maximum absolute atomic E-state index is 12.4. The van der Waals surface area contributed by atoms with Crippen molar-refractivity contribution in [2.45, 2.75) is 66.4 Å². The minimum absolute atomic E-state index is 0.0786. The summed E-state index contributed by atoms with van der Waals surface area (Å²) < 4.78 is 11.3. The summed E-state index contributed by atoms with van der Waals surface area (Å²) in [5.41, 5.74) is 3.35. The smallest absolute Gasteiger partial charge is 0.334 e. The zero-order valence-corrected chi connectivity index (χ0v) is 16.7. The van der Waals surface area contributed by atoms with E-state index in [1.54, 1.807) is 0 Å². The Balaban J connectivity index is 1.93. The van der Waals surface area contributed by atoms with Gasteiger partial charge in [-0.1, -0.05) is 25.5 Å². The first kappa shape index (κ1) is 19.2. The Labute approximate surface area is 157 Å². The molecule has 4 heteroatoms. The normalized spacial score (nSPS) is 34.0. The van der Waals surface area contributed by atoms with Crippen LogP contribution in [0.25, 0.3) is 0 Å². The van der Waals surface area contributed by atoms with Gasteiger partial charge < -0.3 is 9.47 Å². The van der Waals surface area contributed by atoms with E-state index in [2.05, 4.69) is 33.8 Å². The van der Waals surface area contributed by atoms with Crippen LogP contribution in [0.4, 0.5) is 0 Å². The van der Waals surface area contributed by atoms with Gasteiger partial charge in [0.1, 0.15) is 12.7 Å². The molecule has 0 bridgehead atoms. The molecule has 3 rings (SSSR count). The van der Waals surface area contributed by atoms with E-state index in [9.17, 15) is 9.59 Å². The Morgan fingerprint density at radius 3 is 2.69 bits per heavy atom. The SMILES string of the molecule is CC(=O)O[C@@H]1C[C@H](C)[C@@H]2C[C@@H]2C2=C(COC2=O)[C@@H]1[C@@H](C)CCC=C(C)C. The second kappa shape index (κ2) is 7.58. The van der Waals surface area contributed by atoms with E-state index in [0.29, 0.717) is 30.3 Å². The highest BCUT2D eigenvalue weighted by molar-refractivity contribution is 5.93. The van der Waals surface area contributed by atoms with Crippen LogP contribution in [0.5, 0.6) is 0 Å². The van der Waals surface area contributed by atoms with Gasteiger partial charge in [-0.2, -0.15) is 0 Å². The van der Waals surface area contributed by atoms with Crippen molar-refractivity contribution in [3.63, 3.8) is 0 Å². The second-order valence-electron chi connectivity index (χ2n) is 8.74. The first-order chi connectivity index (χ1) is 12.3. The van der Waals surface area contributed by atoms with E-state index in [-0.39, 0.29) is 24.0 Å². The molecule has 1 heterocycles. The number of carbonyl (C=O) groups excluding carboxylic acids is 2. The number of carbonyl (C=O) groups is 2. The minimum atomic E-state index is -0.232. The van der Waals surface area contributed by atoms with Crippen molar-refractivity contribution in [2.24, 2.45) is 29.6 Å². The highest BCUT2D eigenvalue weighted by atomic mass is 16.5. The molecule has 1 aliphatic heterocycles. The Morgan fingerprint density at radius 2 is 2.04 bits per heavy atom. The summed E-state index contributed by atoms with van der Waals surface area (Å²) in [6, 6.07) is 0. The van der Waals surface area contributed by atoms with Crippen LogP contribution < -0.4 is 0 Å². The second-order valence-corrected chi connectivity index (χ2v) is 8.74. The van der Waals surface area contributed by atoms with Crippen molar-refractivity contribution in [3.8, 4) is 0 Å². The van der Waals surface area contributed by atoms with Crippen LogP contribution in [0.2, 0.25) is 0 Å². The molecule has 0 unspecified atom stereocenters. The number of ether oxygens (including phenoxy) is 2. The maximum Gasteiger partial charge on any atom is 0.334 e. The van der Waals surface area contributed by atoms with Gasteiger partial charge in [0.05, 0.1) is 0 Å². The number of rotatable bonds is 5. The summed E-state index contributed by atoms with van der Waals surface area (Å²) in [4.78, 5) is 24.2. The molecular weight excluding hydrogens is 328 g/mol. The van der Waals surface area contributed by atoms with E-state index in [1.165, 1.54) is 12.5 Å². The average Bonchev–Trinajstić information content (AvgIpc) is 3.22. The molecule has 2 aliphatic carbocycles. The molecule has 4 nitrogen and oxygen atoms in total. The lowest BCUT2D eigenvalue weighted by molar-refractivity contribution is -0.150. The molecule has 0 saturated heterocycles. The van der Waals surface area contributed by atoms with Crippen molar-refractivity contribution in [2.75, 3.05) is 6.61 Å². The number of cyclic esters (lactones) is 1. The number of hydrogen-bond acceptors (Lipinski definition) is 4. The van der Waals surface area contributed by atoms with Crippen molar-refractivity contribution >= 4 is 11.9 Å². The molecule has 0 aromatic heterocycles. The minimum Gasteiger partial charge on any atom is -0.462 e. The molecule has 0 amide bonds. The third-order valence-corrected chi connectivity index (χ3v) is 6.38. The molecule has 6 atom stereocenters. The Morgan fingerprint density at radius 1 is 1.31 bits per heavy atom. The molecule has 3 aliphatic rings. The fourth-order valence-corrected chi connectivity index (χ4v) is 5.04. The first-order valence-electron chi connectivity index (χ1n) is 10.00. The quantitative estimate of drug-likeness (QED) is 0.537. The van der Waals surface area contributed by atoms with Crippen LogP contribution in [0.3, 0.4) is 0 Å². The third-order valence-electron chi connectivity index (χ3n) is 6.38. The number of allylic oxidation sites excluding steroid dienone is 2. The van der Waals surface area contributed by atoms with Crippen LogP contribution in [0, 0.1) is 29.6 Å². The van der Waals surface area contributed by atoms with Gasteiger partial charge in [-0.3, -0.25) is 4.79 Å². The first-order valence-corrected chi connectivity index (χ1v) is 10.00. The van der Waals surface area contributed by atoms with Gasteiger partial charge >= 0.3 is 11.9 Å². The molecular formula is C22H32O4. The van der Waals surface area contributed by atoms with Crippen molar-refractivity contribution in [3.05, 3.63) is 22.8 Å². The number of fused-ring (bicyclic) bond motifs is 2. The summed E-state index contributed by atoms with van der Waals surface area (Å²) in [7, 11) is 0. The average molecular weight is 360 g/mol. The molecule has 1 saturated carbocycles. The van der Waals surface area contributed by atoms with E-state index in [1.807, 2.05) is 0 Å². The summed E-state index contributed by atoms with van der Waals surface area (Å²) in [6.45, 7) is 10.5. The zero-order chi connectivity index (χ0) is 19.0. The van der Waals surface area contributed by atoms with Crippen LogP contribution in [-0.2, 0) is 19.1 Å². The van der Waals surface area contributed by atoms with Gasteiger partial charge in [0.2, 0.25) is 0 Å². The van der Waals surface area contributed by atoms with Crippen LogP contribution in [-0.4, -0.2) is 24.6 Å². The van der Waals surface area contributed by atoms with Gasteiger partial charge in [-0.05, 0) is 68.8 Å². The standard InChI is InChI=1S/C22H32O4/c1-12(2)7-6-8-13(3)20-18-11-25-22(24)21(18)17-10-16(17)14(4)9-19(20)26-15(5)23/h7,13-14,16-17,19-20H,6,8-11H2,1-5H3/t13-,14-,16-,17-,19+,20-/m0/s1. The van der Waals surface area contributed by atoms with Gasteiger partial charge in [0.25, 0.3) is 0 Å². The van der Waals surface area contributed by atoms with Crippen molar-refractivity contribution in [1.29, 1.82) is 0 Å². The number of hydrogen-bond donors (Lipinski definition) is 0. The van der Waals surface area contributed by atoms with E-state index in [4.69, 9.17) is 9.47 Å². The Bertz CT molecular complexity index is 641. The number of esters is 2. The Kier molecular flexibility index (Phi) is 5.59. The van der Waals surface area contributed by atoms with Gasteiger partial charge in [-0.25, -0.2) is 4.79 Å². The van der Waals surface area contributed by atoms with Crippen molar-refractivity contribution in [1.82, 2.24) is 0 Å². The molecule has 26 heavy (non-hydrogen) atoms. The highest BCUT2D eigenvalue weighted by Crippen LogP contribution is 2.56. The van der Waals surface area contributed by atoms with E-state index >= 15 is 0 Å². The maximum atomic E-state index is 12.4. The third kappa shape index (κ3) is 3.89. The highest BCUT2D eigenvalue weighted by Gasteiger charge is 2.53. The van der Waals surface area contributed by atoms with Crippen LogP contribution in [0.15, 0.2) is 22.8 Å². The molecule has 0 N–H and O–H groups in total. The summed E-state index contributed by atoms with van der Waals surface area (Å²) in [5.74, 6) is 1.39. The van der Waals surface area contributed by atoms with E-state index in [0.717, 1.165) is 36.8 Å². The molecule has 144 valence electrons.